The molecule has 2 rings (SSSR count). The van der Waals surface area contributed by atoms with Gasteiger partial charge in [-0.25, -0.2) is 9.97 Å². The van der Waals surface area contributed by atoms with E-state index in [4.69, 9.17) is 11.6 Å². The van der Waals surface area contributed by atoms with Crippen molar-refractivity contribution in [3.05, 3.63) is 21.9 Å². The third-order valence-corrected chi connectivity index (χ3v) is 3.54. The zero-order valence-corrected chi connectivity index (χ0v) is 10.8. The average molecular weight is 241 g/mol. The van der Waals surface area contributed by atoms with Gasteiger partial charge in [-0.05, 0) is 29.5 Å². The fraction of sp³-hybridized carbons (Fsp3) is 0.455. The minimum Gasteiger partial charge on any atom is -0.221 e. The molecule has 0 fully saturated rings. The highest BCUT2D eigenvalue weighted by molar-refractivity contribution is 7.17. The van der Waals surface area contributed by atoms with Crippen molar-refractivity contribution in [2.45, 2.75) is 33.1 Å². The molecule has 0 spiro atoms. The van der Waals surface area contributed by atoms with Crippen LogP contribution in [0.15, 0.2) is 5.38 Å². The molecule has 2 aromatic heterocycles. The Labute approximate surface area is 98.3 Å². The second-order valence-corrected chi connectivity index (χ2v) is 5.91. The molecule has 80 valence electrons. The summed E-state index contributed by atoms with van der Waals surface area (Å²) in [5, 5.41) is 2.44. The molecule has 0 aromatic carbocycles. The predicted octanol–water partition coefficient (Wildman–Crippen LogP) is 3.95. The first-order valence-corrected chi connectivity index (χ1v) is 6.07. The molecule has 0 radical (unpaired) electrons. The lowest BCUT2D eigenvalue weighted by molar-refractivity contribution is 0.575. The minimum absolute atomic E-state index is 0.00211. The quantitative estimate of drug-likeness (QED) is 0.652. The molecule has 0 aliphatic rings. The van der Waals surface area contributed by atoms with Crippen molar-refractivity contribution in [1.82, 2.24) is 9.97 Å². The van der Waals surface area contributed by atoms with Gasteiger partial charge in [0.1, 0.15) is 0 Å². The van der Waals surface area contributed by atoms with Crippen molar-refractivity contribution >= 4 is 33.2 Å². The number of thiophene rings is 1. The lowest BCUT2D eigenvalue weighted by Gasteiger charge is -2.18. The fourth-order valence-corrected chi connectivity index (χ4v) is 2.87. The molecule has 0 atom stereocenters. The Morgan fingerprint density at radius 2 is 1.93 bits per heavy atom. The zero-order chi connectivity index (χ0) is 11.2. The van der Waals surface area contributed by atoms with Crippen LogP contribution in [0.2, 0.25) is 5.28 Å². The van der Waals surface area contributed by atoms with Crippen LogP contribution in [0, 0.1) is 6.92 Å². The summed E-state index contributed by atoms with van der Waals surface area (Å²) in [6, 6.07) is 0. The Morgan fingerprint density at radius 3 is 2.53 bits per heavy atom. The minimum atomic E-state index is 0.00211. The first-order valence-electron chi connectivity index (χ1n) is 4.81. The van der Waals surface area contributed by atoms with E-state index in [9.17, 15) is 0 Å². The molecular weight excluding hydrogens is 228 g/mol. The van der Waals surface area contributed by atoms with Crippen LogP contribution in [0.4, 0.5) is 0 Å². The van der Waals surface area contributed by atoms with Crippen molar-refractivity contribution in [1.29, 1.82) is 0 Å². The molecule has 0 aliphatic heterocycles. The highest BCUT2D eigenvalue weighted by atomic mass is 35.5. The van der Waals surface area contributed by atoms with Crippen molar-refractivity contribution < 1.29 is 0 Å². The molecule has 0 saturated heterocycles. The number of halogens is 1. The first-order chi connectivity index (χ1) is 6.89. The maximum atomic E-state index is 5.94. The summed E-state index contributed by atoms with van der Waals surface area (Å²) >= 11 is 7.63. The van der Waals surface area contributed by atoms with Gasteiger partial charge < -0.3 is 0 Å². The van der Waals surface area contributed by atoms with Crippen molar-refractivity contribution in [3.63, 3.8) is 0 Å². The molecule has 0 N–H and O–H groups in total. The summed E-state index contributed by atoms with van der Waals surface area (Å²) in [5.74, 6) is 0. The van der Waals surface area contributed by atoms with Gasteiger partial charge >= 0.3 is 0 Å². The second kappa shape index (κ2) is 3.42. The fourth-order valence-electron chi connectivity index (χ4n) is 1.51. The highest BCUT2D eigenvalue weighted by Crippen LogP contribution is 2.33. The number of hydrogen-bond acceptors (Lipinski definition) is 3. The van der Waals surface area contributed by atoms with E-state index in [1.54, 1.807) is 11.3 Å². The molecule has 15 heavy (non-hydrogen) atoms. The predicted molar refractivity (Wildman–Crippen MR) is 65.9 cm³/mol. The van der Waals surface area contributed by atoms with Crippen molar-refractivity contribution in [2.24, 2.45) is 0 Å². The summed E-state index contributed by atoms with van der Waals surface area (Å²) in [6.07, 6.45) is 0. The van der Waals surface area contributed by atoms with E-state index >= 15 is 0 Å². The van der Waals surface area contributed by atoms with Crippen LogP contribution in [0.1, 0.15) is 32.0 Å². The topological polar surface area (TPSA) is 25.8 Å². The number of rotatable bonds is 0. The van der Waals surface area contributed by atoms with Gasteiger partial charge in [0, 0.05) is 5.41 Å². The molecule has 4 heteroatoms. The second-order valence-electron chi connectivity index (χ2n) is 4.69. The van der Waals surface area contributed by atoms with E-state index in [2.05, 4.69) is 43.0 Å². The van der Waals surface area contributed by atoms with Crippen LogP contribution < -0.4 is 0 Å². The summed E-state index contributed by atoms with van der Waals surface area (Å²) in [6.45, 7) is 8.47. The number of aromatic nitrogens is 2. The summed E-state index contributed by atoms with van der Waals surface area (Å²) in [7, 11) is 0. The number of hydrogen-bond donors (Lipinski definition) is 0. The van der Waals surface area contributed by atoms with Crippen LogP contribution in [-0.4, -0.2) is 9.97 Å². The third-order valence-electron chi connectivity index (χ3n) is 2.28. The normalized spacial score (nSPS) is 12.3. The van der Waals surface area contributed by atoms with Crippen LogP contribution in [0.5, 0.6) is 0 Å². The van der Waals surface area contributed by atoms with Crippen molar-refractivity contribution in [2.75, 3.05) is 0 Å². The molecule has 2 aromatic rings. The Balaban J connectivity index is 2.84. The molecule has 2 heterocycles. The van der Waals surface area contributed by atoms with Crippen LogP contribution >= 0.6 is 22.9 Å². The van der Waals surface area contributed by atoms with Gasteiger partial charge in [0.05, 0.1) is 15.9 Å². The smallest absolute Gasteiger partial charge is 0.221 e. The lowest BCUT2D eigenvalue weighted by Crippen LogP contribution is -2.14. The van der Waals surface area contributed by atoms with E-state index in [1.165, 1.54) is 5.56 Å². The average Bonchev–Trinajstić information content (AvgIpc) is 2.45. The molecule has 0 unspecified atom stereocenters. The molecule has 0 aliphatic carbocycles. The Morgan fingerprint density at radius 1 is 1.27 bits per heavy atom. The Hall–Kier alpha value is -0.670. The molecule has 0 bridgehead atoms. The van der Waals surface area contributed by atoms with Gasteiger partial charge in [-0.3, -0.25) is 0 Å². The number of nitrogens with zero attached hydrogens (tertiary/aromatic N) is 2. The van der Waals surface area contributed by atoms with Gasteiger partial charge in [0.25, 0.3) is 0 Å². The van der Waals surface area contributed by atoms with E-state index in [1.807, 2.05) is 0 Å². The summed E-state index contributed by atoms with van der Waals surface area (Å²) in [5.41, 5.74) is 3.20. The molecule has 0 amide bonds. The van der Waals surface area contributed by atoms with Gasteiger partial charge in [0.15, 0.2) is 0 Å². The number of aryl methyl sites for hydroxylation is 1. The van der Waals surface area contributed by atoms with E-state index in [0.717, 1.165) is 15.9 Å². The highest BCUT2D eigenvalue weighted by Gasteiger charge is 2.21. The Kier molecular flexibility index (Phi) is 2.47. The van der Waals surface area contributed by atoms with E-state index in [0.29, 0.717) is 5.28 Å². The van der Waals surface area contributed by atoms with Gasteiger partial charge in [0.2, 0.25) is 5.28 Å². The molecule has 2 nitrogen and oxygen atoms in total. The Bertz CT molecular complexity index is 511. The van der Waals surface area contributed by atoms with E-state index < -0.39 is 0 Å². The van der Waals surface area contributed by atoms with Gasteiger partial charge in [-0.15, -0.1) is 11.3 Å². The number of fused-ring (bicyclic) bond motifs is 1. The van der Waals surface area contributed by atoms with Gasteiger partial charge in [-0.2, -0.15) is 0 Å². The maximum absolute atomic E-state index is 5.94. The molecule has 0 saturated carbocycles. The van der Waals surface area contributed by atoms with Crippen LogP contribution in [0.25, 0.3) is 10.2 Å². The van der Waals surface area contributed by atoms with Gasteiger partial charge in [-0.1, -0.05) is 20.8 Å². The summed E-state index contributed by atoms with van der Waals surface area (Å²) < 4.78 is 1.16. The van der Waals surface area contributed by atoms with E-state index in [-0.39, 0.29) is 5.41 Å². The zero-order valence-electron chi connectivity index (χ0n) is 9.26. The first kappa shape index (κ1) is 10.8. The SMILES string of the molecule is Cc1csc2c(C(C)(C)C)nc(Cl)nc12. The van der Waals surface area contributed by atoms with Crippen LogP contribution in [-0.2, 0) is 5.41 Å². The largest absolute Gasteiger partial charge is 0.223 e. The summed E-state index contributed by atoms with van der Waals surface area (Å²) in [4.78, 5) is 8.62. The maximum Gasteiger partial charge on any atom is 0.223 e. The monoisotopic (exact) mass is 240 g/mol. The van der Waals surface area contributed by atoms with Crippen LogP contribution in [0.3, 0.4) is 0 Å². The molecular formula is C11H13ClN2S. The van der Waals surface area contributed by atoms with Crippen molar-refractivity contribution in [3.8, 4) is 0 Å². The third kappa shape index (κ3) is 1.86. The standard InChI is InChI=1S/C11H13ClN2S/c1-6-5-15-8-7(6)13-10(12)14-9(8)11(2,3)4/h5H,1-4H3. The lowest BCUT2D eigenvalue weighted by atomic mass is 9.91.